The number of hydrogen-bond donors (Lipinski definition) is 1. The van der Waals surface area contributed by atoms with Crippen LogP contribution in [-0.4, -0.2) is 11.6 Å². The number of carbonyl (C=O) groups excluding carboxylic acids is 1. The lowest BCUT2D eigenvalue weighted by atomic mass is 9.72. The molecule has 0 fully saturated rings. The summed E-state index contributed by atoms with van der Waals surface area (Å²) in [4.78, 5) is 20.4. The lowest BCUT2D eigenvalue weighted by Gasteiger charge is -2.43. The fourth-order valence-corrected chi connectivity index (χ4v) is 5.22. The van der Waals surface area contributed by atoms with Crippen LogP contribution in [-0.2, 0) is 4.79 Å². The molecular formula is C27H20N4O2. The Kier molecular flexibility index (Phi) is 4.30. The number of nitrogens with zero attached hydrogens (tertiary/aromatic N) is 3. The van der Waals surface area contributed by atoms with E-state index in [1.54, 1.807) is 6.26 Å². The summed E-state index contributed by atoms with van der Waals surface area (Å²) in [6, 6.07) is 23.5. The van der Waals surface area contributed by atoms with Crippen LogP contribution >= 0.6 is 0 Å². The standard InChI is InChI=1S/C27H20N4O2/c28-15-19-24(16-7-2-1-3-8-16)25-21(13-17(14-22(25)32)23-11-6-12-33-23)31-20-10-5-4-9-18(20)26(29)30-27(19)31/h1-12,17,24H,13-14H2,(H2,29,30)/t17-,24-/m0/s1. The average molecular weight is 432 g/mol. The Hall–Kier alpha value is -4.37. The second-order valence-corrected chi connectivity index (χ2v) is 8.45. The molecule has 0 saturated carbocycles. The maximum atomic E-state index is 13.7. The second kappa shape index (κ2) is 7.35. The molecule has 3 aromatic rings. The van der Waals surface area contributed by atoms with E-state index in [0.29, 0.717) is 35.6 Å². The molecule has 3 heterocycles. The fraction of sp³-hybridized carbons (Fsp3) is 0.148. The smallest absolute Gasteiger partial charge is 0.162 e. The van der Waals surface area contributed by atoms with Gasteiger partial charge >= 0.3 is 0 Å². The zero-order valence-electron chi connectivity index (χ0n) is 17.7. The number of nitriles is 1. The number of benzene rings is 2. The molecule has 0 saturated heterocycles. The van der Waals surface area contributed by atoms with E-state index < -0.39 is 5.92 Å². The van der Waals surface area contributed by atoms with Gasteiger partial charge in [0, 0.05) is 29.2 Å². The summed E-state index contributed by atoms with van der Waals surface area (Å²) >= 11 is 0. The van der Waals surface area contributed by atoms with Gasteiger partial charge in [-0.2, -0.15) is 5.26 Å². The van der Waals surface area contributed by atoms with Gasteiger partial charge in [-0.1, -0.05) is 42.5 Å². The van der Waals surface area contributed by atoms with Gasteiger partial charge in [0.1, 0.15) is 11.6 Å². The molecule has 0 spiro atoms. The molecule has 3 aliphatic rings. The van der Waals surface area contributed by atoms with Crippen molar-refractivity contribution in [3.63, 3.8) is 0 Å². The predicted octanol–water partition coefficient (Wildman–Crippen LogP) is 4.74. The van der Waals surface area contributed by atoms with Crippen LogP contribution in [0.5, 0.6) is 0 Å². The van der Waals surface area contributed by atoms with Crippen molar-refractivity contribution in [1.29, 1.82) is 5.26 Å². The number of ketones is 1. The van der Waals surface area contributed by atoms with Gasteiger partial charge < -0.3 is 10.2 Å². The number of furan rings is 1. The van der Waals surface area contributed by atoms with Gasteiger partial charge in [0.15, 0.2) is 11.6 Å². The minimum absolute atomic E-state index is 0.0262. The van der Waals surface area contributed by atoms with E-state index in [4.69, 9.17) is 10.2 Å². The molecule has 1 aromatic heterocycles. The summed E-state index contributed by atoms with van der Waals surface area (Å²) in [5.74, 6) is 1.11. The summed E-state index contributed by atoms with van der Waals surface area (Å²) in [6.45, 7) is 0. The molecule has 0 amide bonds. The molecule has 0 bridgehead atoms. The molecule has 2 aliphatic heterocycles. The first-order valence-electron chi connectivity index (χ1n) is 10.9. The van der Waals surface area contributed by atoms with Gasteiger partial charge in [-0.25, -0.2) is 4.99 Å². The summed E-state index contributed by atoms with van der Waals surface area (Å²) in [7, 11) is 0. The number of aliphatic imine (C=N–C) groups is 1. The number of Topliss-reactive ketones (excluding diaryl/α,β-unsaturated/α-hetero) is 1. The lowest BCUT2D eigenvalue weighted by Crippen LogP contribution is -2.40. The molecule has 6 nitrogen and oxygen atoms in total. The third kappa shape index (κ3) is 2.86. The average Bonchev–Trinajstić information content (AvgIpc) is 3.39. The number of para-hydroxylation sites is 1. The SMILES string of the molecule is N#CC1=C2N=C(N)c3ccccc3N2C2=C(C(=O)C[C@@H](c3ccco3)C2)[C@H]1c1ccccc1. The quantitative estimate of drug-likeness (QED) is 0.631. The molecule has 2 aromatic carbocycles. The van der Waals surface area contributed by atoms with E-state index in [-0.39, 0.29) is 11.7 Å². The van der Waals surface area contributed by atoms with Crippen LogP contribution in [0, 0.1) is 11.3 Å². The maximum Gasteiger partial charge on any atom is 0.162 e. The fourth-order valence-electron chi connectivity index (χ4n) is 5.22. The number of allylic oxidation sites excluding steroid dienone is 3. The van der Waals surface area contributed by atoms with E-state index in [0.717, 1.165) is 28.3 Å². The number of fused-ring (bicyclic) bond motifs is 4. The van der Waals surface area contributed by atoms with Crippen LogP contribution < -0.4 is 10.6 Å². The summed E-state index contributed by atoms with van der Waals surface area (Å²) < 4.78 is 5.67. The molecule has 2 N–H and O–H groups in total. The Labute approximate surface area is 191 Å². The highest BCUT2D eigenvalue weighted by Crippen LogP contribution is 2.51. The highest BCUT2D eigenvalue weighted by molar-refractivity contribution is 6.08. The number of hydrogen-bond acceptors (Lipinski definition) is 6. The van der Waals surface area contributed by atoms with Crippen LogP contribution in [0.25, 0.3) is 0 Å². The van der Waals surface area contributed by atoms with Crippen molar-refractivity contribution in [3.8, 4) is 6.07 Å². The van der Waals surface area contributed by atoms with Gasteiger partial charge in [-0.3, -0.25) is 9.69 Å². The summed E-state index contributed by atoms with van der Waals surface area (Å²) in [5.41, 5.74) is 10.8. The van der Waals surface area contributed by atoms with Gasteiger partial charge in [0.2, 0.25) is 0 Å². The first-order chi connectivity index (χ1) is 16.2. The van der Waals surface area contributed by atoms with Crippen molar-refractivity contribution in [3.05, 3.63) is 113 Å². The molecule has 0 unspecified atom stereocenters. The first kappa shape index (κ1) is 19.3. The molecule has 2 atom stereocenters. The Bertz CT molecular complexity index is 1410. The van der Waals surface area contributed by atoms with Crippen LogP contribution in [0.3, 0.4) is 0 Å². The van der Waals surface area contributed by atoms with Crippen LogP contribution in [0.2, 0.25) is 0 Å². The minimum Gasteiger partial charge on any atom is -0.469 e. The molecule has 0 radical (unpaired) electrons. The molecular weight excluding hydrogens is 412 g/mol. The molecule has 6 heteroatoms. The summed E-state index contributed by atoms with van der Waals surface area (Å²) in [6.07, 6.45) is 2.58. The van der Waals surface area contributed by atoms with Crippen molar-refractivity contribution in [1.82, 2.24) is 0 Å². The number of nitrogens with two attached hydrogens (primary N) is 1. The Morgan fingerprint density at radius 1 is 1.03 bits per heavy atom. The van der Waals surface area contributed by atoms with Crippen molar-refractivity contribution < 1.29 is 9.21 Å². The van der Waals surface area contributed by atoms with E-state index in [9.17, 15) is 10.1 Å². The molecule has 1 aliphatic carbocycles. The van der Waals surface area contributed by atoms with E-state index in [2.05, 4.69) is 11.1 Å². The van der Waals surface area contributed by atoms with Crippen molar-refractivity contribution in [2.75, 3.05) is 4.90 Å². The van der Waals surface area contributed by atoms with Gasteiger partial charge in [0.05, 0.1) is 29.5 Å². The number of rotatable bonds is 2. The van der Waals surface area contributed by atoms with Crippen molar-refractivity contribution >= 4 is 17.3 Å². The van der Waals surface area contributed by atoms with Gasteiger partial charge in [0.25, 0.3) is 0 Å². The highest BCUT2D eigenvalue weighted by Gasteiger charge is 2.45. The lowest BCUT2D eigenvalue weighted by molar-refractivity contribution is -0.116. The largest absolute Gasteiger partial charge is 0.469 e. The predicted molar refractivity (Wildman–Crippen MR) is 124 cm³/mol. The molecule has 33 heavy (non-hydrogen) atoms. The Balaban J connectivity index is 1.63. The minimum atomic E-state index is -0.482. The van der Waals surface area contributed by atoms with Crippen LogP contribution in [0.15, 0.2) is 105 Å². The molecule has 6 rings (SSSR count). The Morgan fingerprint density at radius 2 is 1.82 bits per heavy atom. The third-order valence-electron chi connectivity index (χ3n) is 6.63. The zero-order valence-corrected chi connectivity index (χ0v) is 17.7. The number of amidine groups is 1. The second-order valence-electron chi connectivity index (χ2n) is 8.45. The Morgan fingerprint density at radius 3 is 2.58 bits per heavy atom. The normalized spacial score (nSPS) is 21.7. The van der Waals surface area contributed by atoms with Crippen molar-refractivity contribution in [2.24, 2.45) is 10.7 Å². The highest BCUT2D eigenvalue weighted by atomic mass is 16.3. The topological polar surface area (TPSA) is 95.6 Å². The first-order valence-corrected chi connectivity index (χ1v) is 10.9. The number of anilines is 1. The van der Waals surface area contributed by atoms with Crippen molar-refractivity contribution in [2.45, 2.75) is 24.7 Å². The monoisotopic (exact) mass is 432 g/mol. The van der Waals surface area contributed by atoms with E-state index in [1.165, 1.54) is 0 Å². The van der Waals surface area contributed by atoms with Gasteiger partial charge in [-0.05, 0) is 36.2 Å². The van der Waals surface area contributed by atoms with Crippen LogP contribution in [0.4, 0.5) is 5.69 Å². The number of carbonyl (C=O) groups is 1. The van der Waals surface area contributed by atoms with E-state index in [1.807, 2.05) is 71.6 Å². The van der Waals surface area contributed by atoms with E-state index >= 15 is 0 Å². The summed E-state index contributed by atoms with van der Waals surface area (Å²) in [5, 5.41) is 10.3. The molecule has 160 valence electrons. The van der Waals surface area contributed by atoms with Gasteiger partial charge in [-0.15, -0.1) is 0 Å². The maximum absolute atomic E-state index is 13.7. The third-order valence-corrected chi connectivity index (χ3v) is 6.63. The zero-order chi connectivity index (χ0) is 22.5. The van der Waals surface area contributed by atoms with Crippen LogP contribution in [0.1, 0.15) is 41.6 Å².